The molecule has 266 valence electrons. The molecule has 3 aliphatic rings. The minimum atomic E-state index is -1.03. The topological polar surface area (TPSA) is 78.3 Å². The van der Waals surface area contributed by atoms with Crippen LogP contribution in [0.25, 0.3) is 0 Å². The molecule has 2 unspecified atom stereocenters. The number of thioether (sulfide) groups is 1. The van der Waals surface area contributed by atoms with Gasteiger partial charge in [0.25, 0.3) is 0 Å². The summed E-state index contributed by atoms with van der Waals surface area (Å²) in [6, 6.07) is 17.1. The zero-order valence-electron chi connectivity index (χ0n) is 29.8. The molecule has 50 heavy (non-hydrogen) atoms. The van der Waals surface area contributed by atoms with E-state index in [2.05, 4.69) is 34.6 Å². The van der Waals surface area contributed by atoms with Crippen molar-refractivity contribution in [2.75, 3.05) is 44.3 Å². The maximum Gasteiger partial charge on any atom is 0.326 e. The maximum atomic E-state index is 15.3. The van der Waals surface area contributed by atoms with Crippen LogP contribution in [-0.2, 0) is 21.3 Å². The highest BCUT2D eigenvalue weighted by Gasteiger charge is 2.60. The van der Waals surface area contributed by atoms with Gasteiger partial charge in [0.1, 0.15) is 22.7 Å². The van der Waals surface area contributed by atoms with Gasteiger partial charge in [-0.25, -0.2) is 4.79 Å². The smallest absolute Gasteiger partial charge is 0.326 e. The molecule has 2 aromatic carbocycles. The molecule has 3 aliphatic heterocycles. The van der Waals surface area contributed by atoms with Crippen LogP contribution < -0.4 is 4.74 Å². The van der Waals surface area contributed by atoms with Crippen molar-refractivity contribution in [3.05, 3.63) is 93.2 Å². The number of aromatic nitrogens is 1. The van der Waals surface area contributed by atoms with E-state index in [-0.39, 0.29) is 23.3 Å². The molecule has 0 N–H and O–H groups in total. The molecule has 8 nitrogen and oxygen atoms in total. The van der Waals surface area contributed by atoms with Crippen LogP contribution in [0.1, 0.15) is 76.8 Å². The number of hydrogen-bond acceptors (Lipinski definition) is 6. The molecule has 6 rings (SSSR count). The van der Waals surface area contributed by atoms with Gasteiger partial charge in [0, 0.05) is 77.0 Å². The van der Waals surface area contributed by atoms with Gasteiger partial charge in [-0.2, -0.15) is 11.8 Å². The number of aliphatic imine (C=N–C) groups is 1. The molecular formula is C39H47Cl2N5O3S. The fourth-order valence-electron chi connectivity index (χ4n) is 7.36. The maximum absolute atomic E-state index is 15.3. The molecule has 3 amide bonds. The predicted octanol–water partition coefficient (Wildman–Crippen LogP) is 8.39. The standard InChI is InChI=1S/C39H47Cl2N5O3S/c1-7-49-32-24-33(37(2,3)4)42-25-31(32)34-43-38(5,27-8-12-29(40)13-9-27)39(6,28-10-14-30(41)15-11-28)46(34)36(48)45-18-16-26(17-19-45)35(47)44-20-22-50-23-21-44/h8-15,24-26H,7,16-23H2,1-6H3. The third-order valence-corrected chi connectivity index (χ3v) is 12.0. The van der Waals surface area contributed by atoms with Crippen LogP contribution in [0.3, 0.4) is 0 Å². The average Bonchev–Trinajstić information content (AvgIpc) is 3.36. The fourth-order valence-corrected chi connectivity index (χ4v) is 8.51. The minimum Gasteiger partial charge on any atom is -0.493 e. The molecule has 11 heteroatoms. The predicted molar refractivity (Wildman–Crippen MR) is 204 cm³/mol. The Morgan fingerprint density at radius 3 is 2.04 bits per heavy atom. The largest absolute Gasteiger partial charge is 0.493 e. The van der Waals surface area contributed by atoms with Gasteiger partial charge in [0.15, 0.2) is 0 Å². The highest BCUT2D eigenvalue weighted by molar-refractivity contribution is 7.99. The Bertz CT molecular complexity index is 1750. The summed E-state index contributed by atoms with van der Waals surface area (Å²) in [5.74, 6) is 3.18. The van der Waals surface area contributed by atoms with E-state index < -0.39 is 11.1 Å². The molecule has 2 fully saturated rings. The van der Waals surface area contributed by atoms with Crippen LogP contribution in [0, 0.1) is 5.92 Å². The first-order valence-corrected chi connectivity index (χ1v) is 19.4. The van der Waals surface area contributed by atoms with Crippen molar-refractivity contribution < 1.29 is 14.3 Å². The first-order valence-electron chi connectivity index (χ1n) is 17.5. The summed E-state index contributed by atoms with van der Waals surface area (Å²) in [7, 11) is 0. The molecule has 2 saturated heterocycles. The number of pyridine rings is 1. The molecule has 0 radical (unpaired) electrons. The molecular weight excluding hydrogens is 689 g/mol. The lowest BCUT2D eigenvalue weighted by atomic mass is 9.71. The summed E-state index contributed by atoms with van der Waals surface area (Å²) in [5, 5.41) is 1.21. The van der Waals surface area contributed by atoms with Gasteiger partial charge in [-0.05, 0) is 69.0 Å². The summed E-state index contributed by atoms with van der Waals surface area (Å²) >= 11 is 14.7. The summed E-state index contributed by atoms with van der Waals surface area (Å²) in [5.41, 5.74) is 1.07. The SMILES string of the molecule is CCOc1cc(C(C)(C)C)ncc1C1=NC(C)(c2ccc(Cl)cc2)C(C)(c2ccc(Cl)cc2)N1C(=O)N1CCC(C(=O)N2CCSCC2)CC1. The molecule has 0 spiro atoms. The van der Waals surface area contributed by atoms with Crippen molar-refractivity contribution in [2.24, 2.45) is 10.9 Å². The number of nitrogens with zero attached hydrogens (tertiary/aromatic N) is 5. The van der Waals surface area contributed by atoms with Crippen LogP contribution >= 0.6 is 35.0 Å². The third-order valence-electron chi connectivity index (χ3n) is 10.6. The first-order chi connectivity index (χ1) is 23.8. The van der Waals surface area contributed by atoms with E-state index in [1.54, 1.807) is 6.20 Å². The third kappa shape index (κ3) is 6.73. The lowest BCUT2D eigenvalue weighted by molar-refractivity contribution is -0.136. The van der Waals surface area contributed by atoms with Crippen LogP contribution in [0.15, 0.2) is 65.8 Å². The highest BCUT2D eigenvalue weighted by Crippen LogP contribution is 2.54. The fraction of sp³-hybridized carbons (Fsp3) is 0.487. The van der Waals surface area contributed by atoms with E-state index in [0.29, 0.717) is 59.7 Å². The number of likely N-dealkylation sites (tertiary alicyclic amines) is 1. The Labute approximate surface area is 310 Å². The molecule has 0 bridgehead atoms. The number of piperidine rings is 1. The average molecular weight is 737 g/mol. The van der Waals surface area contributed by atoms with Crippen molar-refractivity contribution in [1.82, 2.24) is 19.7 Å². The van der Waals surface area contributed by atoms with E-state index in [0.717, 1.165) is 41.4 Å². The second kappa shape index (κ2) is 14.4. The summed E-state index contributed by atoms with van der Waals surface area (Å²) in [6.07, 6.45) is 3.03. The van der Waals surface area contributed by atoms with Crippen LogP contribution in [0.5, 0.6) is 5.75 Å². The second-order valence-electron chi connectivity index (χ2n) is 14.7. The molecule has 1 aromatic heterocycles. The lowest BCUT2D eigenvalue weighted by Gasteiger charge is -2.47. The van der Waals surface area contributed by atoms with Crippen molar-refractivity contribution in [2.45, 2.75) is 70.9 Å². The van der Waals surface area contributed by atoms with Crippen LogP contribution in [-0.4, -0.2) is 81.7 Å². The number of benzene rings is 2. The van der Waals surface area contributed by atoms with Crippen molar-refractivity contribution in [3.8, 4) is 5.75 Å². The van der Waals surface area contributed by atoms with Gasteiger partial charge in [0.05, 0.1) is 12.2 Å². The van der Waals surface area contributed by atoms with Crippen molar-refractivity contribution >= 4 is 52.7 Å². The molecule has 4 heterocycles. The molecule has 3 aromatic rings. The Kier molecular flexibility index (Phi) is 10.5. The number of rotatable bonds is 6. The molecule has 2 atom stereocenters. The first kappa shape index (κ1) is 36.5. The van der Waals surface area contributed by atoms with Crippen molar-refractivity contribution in [1.29, 1.82) is 0 Å². The number of urea groups is 1. The van der Waals surface area contributed by atoms with E-state index >= 15 is 4.79 Å². The minimum absolute atomic E-state index is 0.0884. The van der Waals surface area contributed by atoms with E-state index in [4.69, 9.17) is 37.9 Å². The monoisotopic (exact) mass is 735 g/mol. The number of hydrogen-bond donors (Lipinski definition) is 0. The Hall–Kier alpha value is -3.27. The van der Waals surface area contributed by atoms with E-state index in [1.165, 1.54) is 0 Å². The van der Waals surface area contributed by atoms with Crippen molar-refractivity contribution in [3.63, 3.8) is 0 Å². The van der Waals surface area contributed by atoms with Gasteiger partial charge in [-0.3, -0.25) is 19.7 Å². The zero-order valence-corrected chi connectivity index (χ0v) is 32.2. The van der Waals surface area contributed by atoms with Gasteiger partial charge in [0.2, 0.25) is 5.91 Å². The Balaban J connectivity index is 1.48. The zero-order chi connectivity index (χ0) is 35.8. The Morgan fingerprint density at radius 1 is 0.900 bits per heavy atom. The van der Waals surface area contributed by atoms with E-state index in [9.17, 15) is 4.79 Å². The van der Waals surface area contributed by atoms with E-state index in [1.807, 2.05) is 88.0 Å². The van der Waals surface area contributed by atoms with Gasteiger partial charge in [-0.15, -0.1) is 0 Å². The highest BCUT2D eigenvalue weighted by atomic mass is 35.5. The normalized spacial score (nSPS) is 23.2. The lowest BCUT2D eigenvalue weighted by Crippen LogP contribution is -2.59. The van der Waals surface area contributed by atoms with Crippen LogP contribution in [0.4, 0.5) is 4.79 Å². The Morgan fingerprint density at radius 2 is 1.48 bits per heavy atom. The number of carbonyl (C=O) groups excluding carboxylic acids is 2. The summed E-state index contributed by atoms with van der Waals surface area (Å²) in [4.78, 5) is 44.8. The summed E-state index contributed by atoms with van der Waals surface area (Å²) in [6.45, 7) is 15.4. The quantitative estimate of drug-likeness (QED) is 0.254. The molecule has 0 aliphatic carbocycles. The summed E-state index contributed by atoms with van der Waals surface area (Å²) < 4.78 is 6.29. The number of amides is 3. The van der Waals surface area contributed by atoms with Gasteiger partial charge < -0.3 is 14.5 Å². The number of halogens is 2. The molecule has 0 saturated carbocycles. The number of amidine groups is 1. The van der Waals surface area contributed by atoms with Gasteiger partial charge in [-0.1, -0.05) is 68.2 Å². The van der Waals surface area contributed by atoms with Crippen LogP contribution in [0.2, 0.25) is 10.0 Å². The number of ether oxygens (including phenoxy) is 1. The van der Waals surface area contributed by atoms with Gasteiger partial charge >= 0.3 is 6.03 Å². The number of carbonyl (C=O) groups is 2. The second-order valence-corrected chi connectivity index (χ2v) is 16.8.